The highest BCUT2D eigenvalue weighted by atomic mass is 19.1. The van der Waals surface area contributed by atoms with Gasteiger partial charge in [-0.1, -0.05) is 13.0 Å². The standard InChI is InChI=1S/C37H55F2N5O4/c1-24-8-11-26(12-9-24)44(36(47)33-7-6-18-48-33)27-20-32(35(46)41-16-14-40(5)15-17-41)43(21-27)34(45)30-23-42(37(2,3)4)22-29(30)28-13-10-25(38)19-31(28)39/h10,13,19,24,26-27,29-30,32-33H,6-9,11-12,14-18,20-23H2,1-5H3/t24?,26?,27-,29-,30+,32-,33?/m0/s1. The molecular weight excluding hydrogens is 616 g/mol. The minimum Gasteiger partial charge on any atom is -0.368 e. The lowest BCUT2D eigenvalue weighted by molar-refractivity contribution is -0.148. The number of amides is 3. The zero-order valence-electron chi connectivity index (χ0n) is 29.5. The average Bonchev–Trinajstić information content (AvgIpc) is 3.82. The topological polar surface area (TPSA) is 76.6 Å². The summed E-state index contributed by atoms with van der Waals surface area (Å²) in [5, 5.41) is 0. The molecule has 0 spiro atoms. The molecule has 1 unspecified atom stereocenters. The molecule has 5 fully saturated rings. The van der Waals surface area contributed by atoms with Crippen LogP contribution < -0.4 is 0 Å². The Kier molecular flexibility index (Phi) is 10.5. The molecule has 1 saturated carbocycles. The van der Waals surface area contributed by atoms with Crippen molar-refractivity contribution in [1.82, 2.24) is 24.5 Å². The average molecular weight is 672 g/mol. The van der Waals surface area contributed by atoms with Crippen molar-refractivity contribution in [3.05, 3.63) is 35.4 Å². The summed E-state index contributed by atoms with van der Waals surface area (Å²) in [5.41, 5.74) is 0.0420. The molecule has 0 N–H and O–H groups in total. The molecule has 6 rings (SSSR count). The molecule has 3 amide bonds. The monoisotopic (exact) mass is 671 g/mol. The number of likely N-dealkylation sites (N-methyl/N-ethyl adjacent to an activating group) is 1. The smallest absolute Gasteiger partial charge is 0.252 e. The molecule has 48 heavy (non-hydrogen) atoms. The summed E-state index contributed by atoms with van der Waals surface area (Å²) in [6.45, 7) is 12.8. The third-order valence-electron chi connectivity index (χ3n) is 11.8. The Balaban J connectivity index is 1.34. The fourth-order valence-electron chi connectivity index (χ4n) is 8.78. The molecule has 11 heteroatoms. The van der Waals surface area contributed by atoms with Gasteiger partial charge in [-0.25, -0.2) is 8.78 Å². The second kappa shape index (κ2) is 14.3. The van der Waals surface area contributed by atoms with Gasteiger partial charge in [-0.15, -0.1) is 0 Å². The van der Waals surface area contributed by atoms with Gasteiger partial charge in [-0.05, 0) is 90.3 Å². The SMILES string of the molecule is CC1CCC(N(C(=O)C2CCCO2)[C@H]2C[C@@H](C(=O)N3CCN(C)CC3)N(C(=O)[C@@H]3CN(C(C)(C)C)C[C@H]3c3ccc(F)cc3F)C2)CC1. The maximum absolute atomic E-state index is 15.4. The Morgan fingerprint density at radius 3 is 2.23 bits per heavy atom. The largest absolute Gasteiger partial charge is 0.368 e. The van der Waals surface area contributed by atoms with Crippen LogP contribution in [0.15, 0.2) is 18.2 Å². The van der Waals surface area contributed by atoms with E-state index in [4.69, 9.17) is 4.74 Å². The fourth-order valence-corrected chi connectivity index (χ4v) is 8.78. The third-order valence-corrected chi connectivity index (χ3v) is 11.8. The third kappa shape index (κ3) is 7.29. The predicted octanol–water partition coefficient (Wildman–Crippen LogP) is 4.11. The van der Waals surface area contributed by atoms with Crippen LogP contribution in [0, 0.1) is 23.5 Å². The van der Waals surface area contributed by atoms with Crippen LogP contribution >= 0.6 is 0 Å². The molecule has 1 aliphatic carbocycles. The lowest BCUT2D eigenvalue weighted by atomic mass is 9.85. The quantitative estimate of drug-likeness (QED) is 0.454. The summed E-state index contributed by atoms with van der Waals surface area (Å²) in [6.07, 6.45) is 5.30. The van der Waals surface area contributed by atoms with Crippen molar-refractivity contribution in [3.63, 3.8) is 0 Å². The molecule has 0 bridgehead atoms. The Hall–Kier alpha value is -2.63. The molecule has 5 aliphatic rings. The maximum Gasteiger partial charge on any atom is 0.252 e. The van der Waals surface area contributed by atoms with Gasteiger partial charge in [0.05, 0.1) is 12.0 Å². The molecule has 5 atom stereocenters. The molecule has 1 aromatic carbocycles. The van der Waals surface area contributed by atoms with Crippen molar-refractivity contribution >= 4 is 17.7 Å². The van der Waals surface area contributed by atoms with Gasteiger partial charge >= 0.3 is 0 Å². The number of carbonyl (C=O) groups is 3. The van der Waals surface area contributed by atoms with Gasteiger partial charge in [0, 0.05) is 76.0 Å². The van der Waals surface area contributed by atoms with E-state index in [-0.39, 0.29) is 41.9 Å². The van der Waals surface area contributed by atoms with Crippen molar-refractivity contribution in [2.45, 2.75) is 108 Å². The van der Waals surface area contributed by atoms with Gasteiger partial charge < -0.3 is 24.3 Å². The van der Waals surface area contributed by atoms with Crippen molar-refractivity contribution < 1.29 is 27.9 Å². The number of rotatable bonds is 6. The van der Waals surface area contributed by atoms with Crippen LogP contribution in [0.5, 0.6) is 0 Å². The molecule has 4 aliphatic heterocycles. The molecule has 9 nitrogen and oxygen atoms in total. The van der Waals surface area contributed by atoms with E-state index in [0.29, 0.717) is 57.1 Å². The minimum absolute atomic E-state index is 0.0109. The normalized spacial score (nSPS) is 32.2. The number of hydrogen-bond acceptors (Lipinski definition) is 6. The van der Waals surface area contributed by atoms with Gasteiger partial charge in [0.2, 0.25) is 11.8 Å². The Labute approximate surface area is 284 Å². The summed E-state index contributed by atoms with van der Waals surface area (Å²) in [5.74, 6) is -2.10. The zero-order valence-corrected chi connectivity index (χ0v) is 29.5. The Morgan fingerprint density at radius 1 is 0.896 bits per heavy atom. The van der Waals surface area contributed by atoms with E-state index in [1.165, 1.54) is 12.1 Å². The number of hydrogen-bond donors (Lipinski definition) is 0. The summed E-state index contributed by atoms with van der Waals surface area (Å²) in [7, 11) is 2.04. The van der Waals surface area contributed by atoms with Crippen molar-refractivity contribution in [1.29, 1.82) is 0 Å². The highest BCUT2D eigenvalue weighted by Crippen LogP contribution is 2.41. The molecule has 1 aromatic rings. The van der Waals surface area contributed by atoms with Gasteiger partial charge in [-0.2, -0.15) is 0 Å². The number of piperazine rings is 1. The summed E-state index contributed by atoms with van der Waals surface area (Å²) in [6, 6.07) is 2.63. The number of likely N-dealkylation sites (tertiary alicyclic amines) is 2. The highest BCUT2D eigenvalue weighted by Gasteiger charge is 2.52. The van der Waals surface area contributed by atoms with Crippen LogP contribution in [0.2, 0.25) is 0 Å². The van der Waals surface area contributed by atoms with Gasteiger partial charge in [0.15, 0.2) is 0 Å². The zero-order chi connectivity index (χ0) is 34.3. The summed E-state index contributed by atoms with van der Waals surface area (Å²) in [4.78, 5) is 53.6. The van der Waals surface area contributed by atoms with Crippen molar-refractivity contribution in [3.8, 4) is 0 Å². The predicted molar refractivity (Wildman–Crippen MR) is 179 cm³/mol. The second-order valence-electron chi connectivity index (χ2n) is 16.1. The van der Waals surface area contributed by atoms with E-state index in [9.17, 15) is 18.8 Å². The first-order chi connectivity index (χ1) is 22.8. The van der Waals surface area contributed by atoms with Crippen LogP contribution in [0.25, 0.3) is 0 Å². The number of halogens is 2. The van der Waals surface area contributed by atoms with Crippen molar-refractivity contribution in [2.24, 2.45) is 11.8 Å². The van der Waals surface area contributed by atoms with E-state index in [1.54, 1.807) is 4.90 Å². The summed E-state index contributed by atoms with van der Waals surface area (Å²) >= 11 is 0. The first-order valence-corrected chi connectivity index (χ1v) is 18.2. The van der Waals surface area contributed by atoms with Crippen LogP contribution in [0.3, 0.4) is 0 Å². The van der Waals surface area contributed by atoms with E-state index >= 15 is 4.39 Å². The molecule has 0 radical (unpaired) electrons. The minimum atomic E-state index is -0.712. The van der Waals surface area contributed by atoms with Crippen LogP contribution in [0.1, 0.15) is 84.1 Å². The molecule has 4 heterocycles. The van der Waals surface area contributed by atoms with Crippen LogP contribution in [0.4, 0.5) is 8.78 Å². The molecule has 266 valence electrons. The van der Waals surface area contributed by atoms with Crippen molar-refractivity contribution in [2.75, 3.05) is 59.5 Å². The highest BCUT2D eigenvalue weighted by molar-refractivity contribution is 5.91. The lowest BCUT2D eigenvalue weighted by Gasteiger charge is -2.41. The van der Waals surface area contributed by atoms with E-state index in [0.717, 1.165) is 51.3 Å². The molecular formula is C37H55F2N5O4. The molecule has 0 aromatic heterocycles. The van der Waals surface area contributed by atoms with Gasteiger partial charge in [0.1, 0.15) is 23.8 Å². The lowest BCUT2D eigenvalue weighted by Crippen LogP contribution is -2.54. The van der Waals surface area contributed by atoms with Crippen LogP contribution in [-0.2, 0) is 19.1 Å². The maximum atomic E-state index is 15.4. The molecule has 4 saturated heterocycles. The van der Waals surface area contributed by atoms with E-state index in [2.05, 4.69) is 37.5 Å². The first-order valence-electron chi connectivity index (χ1n) is 18.2. The second-order valence-corrected chi connectivity index (χ2v) is 16.1. The number of carbonyl (C=O) groups excluding carboxylic acids is 3. The number of nitrogens with zero attached hydrogens (tertiary/aromatic N) is 5. The Bertz CT molecular complexity index is 1330. The first kappa shape index (κ1) is 35.2. The number of benzene rings is 1. The Morgan fingerprint density at radius 2 is 1.60 bits per heavy atom. The number of ether oxygens (including phenoxy) is 1. The van der Waals surface area contributed by atoms with E-state index < -0.39 is 35.6 Å². The van der Waals surface area contributed by atoms with Gasteiger partial charge in [-0.3, -0.25) is 19.3 Å². The van der Waals surface area contributed by atoms with E-state index in [1.807, 2.05) is 16.8 Å². The fraction of sp³-hybridized carbons (Fsp3) is 0.757. The van der Waals surface area contributed by atoms with Crippen LogP contribution in [-0.4, -0.2) is 131 Å². The summed E-state index contributed by atoms with van der Waals surface area (Å²) < 4.78 is 35.3. The van der Waals surface area contributed by atoms with Gasteiger partial charge in [0.25, 0.3) is 5.91 Å².